The Morgan fingerprint density at radius 3 is 2.86 bits per heavy atom. The predicted molar refractivity (Wildman–Crippen MR) is 84.7 cm³/mol. The minimum absolute atomic E-state index is 0.107. The van der Waals surface area contributed by atoms with Gasteiger partial charge < -0.3 is 15.4 Å². The molecule has 1 aromatic heterocycles. The van der Waals surface area contributed by atoms with E-state index in [0.29, 0.717) is 13.1 Å². The molecule has 1 heterocycles. The first-order valence-electron chi connectivity index (χ1n) is 7.26. The Kier molecular flexibility index (Phi) is 5.41. The molecule has 0 spiro atoms. The summed E-state index contributed by atoms with van der Waals surface area (Å²) < 4.78 is 7.48. The lowest BCUT2D eigenvalue weighted by Gasteiger charge is -2.16. The zero-order chi connectivity index (χ0) is 15.9. The Morgan fingerprint density at radius 1 is 1.36 bits per heavy atom. The zero-order valence-electron chi connectivity index (χ0n) is 13.2. The number of hydrogen-bond donors (Lipinski definition) is 2. The van der Waals surface area contributed by atoms with Crippen LogP contribution in [0.2, 0.25) is 0 Å². The molecule has 6 heteroatoms. The number of ether oxygens (including phenoxy) is 1. The second-order valence-corrected chi connectivity index (χ2v) is 5.25. The van der Waals surface area contributed by atoms with Gasteiger partial charge in [-0.1, -0.05) is 12.1 Å². The van der Waals surface area contributed by atoms with E-state index in [0.717, 1.165) is 17.0 Å². The molecule has 1 atom stereocenters. The van der Waals surface area contributed by atoms with Gasteiger partial charge in [-0.3, -0.25) is 4.68 Å². The number of benzene rings is 1. The number of carbonyl (C=O) groups excluding carboxylic acids is 1. The summed E-state index contributed by atoms with van der Waals surface area (Å²) in [4.78, 5) is 11.8. The molecule has 1 aromatic carbocycles. The number of rotatable bonds is 6. The van der Waals surface area contributed by atoms with Crippen molar-refractivity contribution in [2.45, 2.75) is 26.5 Å². The molecule has 2 N–H and O–H groups in total. The highest BCUT2D eigenvalue weighted by molar-refractivity contribution is 5.73. The minimum Gasteiger partial charge on any atom is -0.489 e. The van der Waals surface area contributed by atoms with Crippen LogP contribution in [0.4, 0.5) is 4.79 Å². The molecule has 2 rings (SSSR count). The SMILES string of the molecule is Cc1cccc(O[C@@H](C)CNC(=O)NCc2ccnn2C)c1. The lowest BCUT2D eigenvalue weighted by molar-refractivity contribution is 0.207. The number of amides is 2. The van der Waals surface area contributed by atoms with E-state index in [2.05, 4.69) is 15.7 Å². The van der Waals surface area contributed by atoms with Crippen molar-refractivity contribution in [2.24, 2.45) is 7.05 Å². The fraction of sp³-hybridized carbons (Fsp3) is 0.375. The Labute approximate surface area is 130 Å². The lowest BCUT2D eigenvalue weighted by atomic mass is 10.2. The second kappa shape index (κ2) is 7.49. The van der Waals surface area contributed by atoms with E-state index in [1.165, 1.54) is 0 Å². The van der Waals surface area contributed by atoms with Gasteiger partial charge in [0.25, 0.3) is 0 Å². The van der Waals surface area contributed by atoms with Gasteiger partial charge in [-0.15, -0.1) is 0 Å². The number of hydrogen-bond acceptors (Lipinski definition) is 3. The van der Waals surface area contributed by atoms with E-state index in [4.69, 9.17) is 4.74 Å². The van der Waals surface area contributed by atoms with E-state index in [-0.39, 0.29) is 12.1 Å². The highest BCUT2D eigenvalue weighted by Gasteiger charge is 2.07. The topological polar surface area (TPSA) is 68.2 Å². The molecular formula is C16H22N4O2. The monoisotopic (exact) mass is 302 g/mol. The van der Waals surface area contributed by atoms with Gasteiger partial charge in [-0.05, 0) is 37.6 Å². The first kappa shape index (κ1) is 15.9. The van der Waals surface area contributed by atoms with Crippen molar-refractivity contribution in [3.63, 3.8) is 0 Å². The van der Waals surface area contributed by atoms with E-state index < -0.39 is 0 Å². The van der Waals surface area contributed by atoms with Crippen LogP contribution >= 0.6 is 0 Å². The lowest BCUT2D eigenvalue weighted by Crippen LogP contribution is -2.40. The molecule has 0 radical (unpaired) electrons. The summed E-state index contributed by atoms with van der Waals surface area (Å²) in [6.07, 6.45) is 1.59. The number of nitrogens with zero attached hydrogens (tertiary/aromatic N) is 2. The molecule has 2 aromatic rings. The average Bonchev–Trinajstić information content (AvgIpc) is 2.88. The summed E-state index contributed by atoms with van der Waals surface area (Å²) in [7, 11) is 1.84. The van der Waals surface area contributed by atoms with Crippen LogP contribution in [0.3, 0.4) is 0 Å². The summed E-state index contributed by atoms with van der Waals surface area (Å²) in [5.74, 6) is 0.810. The first-order chi connectivity index (χ1) is 10.5. The van der Waals surface area contributed by atoms with Gasteiger partial charge in [0.2, 0.25) is 0 Å². The van der Waals surface area contributed by atoms with E-state index in [1.54, 1.807) is 10.9 Å². The summed E-state index contributed by atoms with van der Waals surface area (Å²) >= 11 is 0. The highest BCUT2D eigenvalue weighted by Crippen LogP contribution is 2.13. The summed E-state index contributed by atoms with van der Waals surface area (Å²) in [6, 6.07) is 9.49. The molecule has 0 fully saturated rings. The normalized spacial score (nSPS) is 11.8. The van der Waals surface area contributed by atoms with Crippen molar-refractivity contribution in [1.29, 1.82) is 0 Å². The van der Waals surface area contributed by atoms with Crippen molar-refractivity contribution in [1.82, 2.24) is 20.4 Å². The molecule has 0 unspecified atom stereocenters. The van der Waals surface area contributed by atoms with Gasteiger partial charge in [0.15, 0.2) is 0 Å². The number of aromatic nitrogens is 2. The van der Waals surface area contributed by atoms with Crippen LogP contribution in [0.5, 0.6) is 5.75 Å². The molecule has 118 valence electrons. The predicted octanol–water partition coefficient (Wildman–Crippen LogP) is 2.00. The first-order valence-corrected chi connectivity index (χ1v) is 7.26. The van der Waals surface area contributed by atoms with Crippen LogP contribution < -0.4 is 15.4 Å². The Bertz CT molecular complexity index is 624. The van der Waals surface area contributed by atoms with Crippen LogP contribution in [-0.4, -0.2) is 28.5 Å². The fourth-order valence-corrected chi connectivity index (χ4v) is 2.01. The van der Waals surface area contributed by atoms with Gasteiger partial charge in [-0.2, -0.15) is 5.10 Å². The highest BCUT2D eigenvalue weighted by atomic mass is 16.5. The third-order valence-corrected chi connectivity index (χ3v) is 3.23. The Morgan fingerprint density at radius 2 is 2.18 bits per heavy atom. The maximum atomic E-state index is 11.8. The van der Waals surface area contributed by atoms with Gasteiger partial charge >= 0.3 is 6.03 Å². The van der Waals surface area contributed by atoms with Crippen molar-refractivity contribution < 1.29 is 9.53 Å². The number of carbonyl (C=O) groups is 1. The summed E-state index contributed by atoms with van der Waals surface area (Å²) in [6.45, 7) is 4.81. The van der Waals surface area contributed by atoms with Crippen LogP contribution in [0.1, 0.15) is 18.2 Å². The van der Waals surface area contributed by atoms with Gasteiger partial charge in [0.05, 0.1) is 18.8 Å². The molecule has 22 heavy (non-hydrogen) atoms. The summed E-state index contributed by atoms with van der Waals surface area (Å²) in [5, 5.41) is 9.63. The largest absolute Gasteiger partial charge is 0.489 e. The molecule has 6 nitrogen and oxygen atoms in total. The molecular weight excluding hydrogens is 280 g/mol. The van der Waals surface area contributed by atoms with Crippen molar-refractivity contribution in [3.05, 3.63) is 47.8 Å². The maximum Gasteiger partial charge on any atom is 0.315 e. The molecule has 0 saturated heterocycles. The molecule has 0 aliphatic heterocycles. The zero-order valence-corrected chi connectivity index (χ0v) is 13.2. The fourth-order valence-electron chi connectivity index (χ4n) is 2.01. The Balaban J connectivity index is 1.70. The third kappa shape index (κ3) is 4.80. The average molecular weight is 302 g/mol. The van der Waals surface area contributed by atoms with E-state index in [9.17, 15) is 4.79 Å². The van der Waals surface area contributed by atoms with Crippen LogP contribution in [0, 0.1) is 6.92 Å². The van der Waals surface area contributed by atoms with Gasteiger partial charge in [0, 0.05) is 13.2 Å². The quantitative estimate of drug-likeness (QED) is 0.857. The summed E-state index contributed by atoms with van der Waals surface area (Å²) in [5.41, 5.74) is 2.09. The van der Waals surface area contributed by atoms with Crippen LogP contribution in [-0.2, 0) is 13.6 Å². The van der Waals surface area contributed by atoms with Gasteiger partial charge in [-0.25, -0.2) is 4.79 Å². The molecule has 0 aliphatic carbocycles. The maximum absolute atomic E-state index is 11.8. The number of nitrogens with one attached hydrogen (secondary N) is 2. The molecule has 0 saturated carbocycles. The van der Waals surface area contributed by atoms with Gasteiger partial charge in [0.1, 0.15) is 11.9 Å². The van der Waals surface area contributed by atoms with Crippen LogP contribution in [0.15, 0.2) is 36.5 Å². The molecule has 2 amide bonds. The van der Waals surface area contributed by atoms with E-state index in [1.807, 2.05) is 51.2 Å². The standard InChI is InChI=1S/C16H22N4O2/c1-12-5-4-6-15(9-12)22-13(2)10-17-16(21)18-11-14-7-8-19-20(14)3/h4-9,13H,10-11H2,1-3H3,(H2,17,18,21)/t13-/m0/s1. The van der Waals surface area contributed by atoms with Crippen molar-refractivity contribution in [2.75, 3.05) is 6.54 Å². The number of urea groups is 1. The smallest absolute Gasteiger partial charge is 0.315 e. The Hall–Kier alpha value is -2.50. The molecule has 0 bridgehead atoms. The van der Waals surface area contributed by atoms with Crippen molar-refractivity contribution in [3.8, 4) is 5.75 Å². The number of aryl methyl sites for hydroxylation is 2. The van der Waals surface area contributed by atoms with Crippen LogP contribution in [0.25, 0.3) is 0 Å². The second-order valence-electron chi connectivity index (χ2n) is 5.25. The third-order valence-electron chi connectivity index (χ3n) is 3.23. The van der Waals surface area contributed by atoms with Crippen molar-refractivity contribution >= 4 is 6.03 Å². The minimum atomic E-state index is -0.221. The molecule has 0 aliphatic rings. The van der Waals surface area contributed by atoms with E-state index >= 15 is 0 Å².